The number of hydrogen-bond donors (Lipinski definition) is 0. The monoisotopic (exact) mass is 195 g/mol. The number of rotatable bonds is 3. The van der Waals surface area contributed by atoms with E-state index in [0.717, 1.165) is 25.0 Å². The lowest BCUT2D eigenvalue weighted by Crippen LogP contribution is -2.33. The molecular weight excluding hydrogens is 174 g/mol. The molecule has 14 heavy (non-hydrogen) atoms. The van der Waals surface area contributed by atoms with E-state index < -0.39 is 0 Å². The molecule has 0 aromatic heterocycles. The van der Waals surface area contributed by atoms with Gasteiger partial charge in [-0.2, -0.15) is 0 Å². The number of allylic oxidation sites excluding steroid dienone is 1. The van der Waals surface area contributed by atoms with E-state index in [4.69, 9.17) is 0 Å². The van der Waals surface area contributed by atoms with Crippen LogP contribution in [0, 0.1) is 11.3 Å². The fourth-order valence-corrected chi connectivity index (χ4v) is 2.14. The topological polar surface area (TPSA) is 20.3 Å². The van der Waals surface area contributed by atoms with Crippen molar-refractivity contribution in [3.8, 4) is 0 Å². The van der Waals surface area contributed by atoms with Crippen LogP contribution in [0.2, 0.25) is 0 Å². The minimum Gasteiger partial charge on any atom is -0.320 e. The van der Waals surface area contributed by atoms with Crippen LogP contribution in [0.4, 0.5) is 0 Å². The second-order valence-electron chi connectivity index (χ2n) is 4.58. The molecule has 0 aliphatic carbocycles. The van der Waals surface area contributed by atoms with Gasteiger partial charge in [-0.1, -0.05) is 27.4 Å². The lowest BCUT2D eigenvalue weighted by atomic mass is 9.72. The van der Waals surface area contributed by atoms with Crippen LogP contribution < -0.4 is 0 Å². The summed E-state index contributed by atoms with van der Waals surface area (Å²) in [4.78, 5) is 13.7. The van der Waals surface area contributed by atoms with Crippen LogP contribution >= 0.6 is 0 Å². The summed E-state index contributed by atoms with van der Waals surface area (Å²) in [5.41, 5.74) is 1.11. The van der Waals surface area contributed by atoms with Gasteiger partial charge in [0.05, 0.1) is 0 Å². The first-order chi connectivity index (χ1) is 6.46. The van der Waals surface area contributed by atoms with Crippen LogP contribution in [0.15, 0.2) is 12.3 Å². The van der Waals surface area contributed by atoms with Crippen molar-refractivity contribution in [2.45, 2.75) is 40.0 Å². The van der Waals surface area contributed by atoms with Gasteiger partial charge in [0.25, 0.3) is 0 Å². The van der Waals surface area contributed by atoms with Gasteiger partial charge in [0, 0.05) is 18.7 Å². The van der Waals surface area contributed by atoms with E-state index in [0.29, 0.717) is 0 Å². The zero-order valence-corrected chi connectivity index (χ0v) is 9.76. The molecule has 0 saturated carbocycles. The Morgan fingerprint density at radius 2 is 2.00 bits per heavy atom. The van der Waals surface area contributed by atoms with Crippen molar-refractivity contribution < 1.29 is 4.79 Å². The van der Waals surface area contributed by atoms with Gasteiger partial charge in [-0.15, -0.1) is 0 Å². The van der Waals surface area contributed by atoms with Crippen molar-refractivity contribution in [3.63, 3.8) is 0 Å². The molecule has 1 heterocycles. The molecule has 2 heteroatoms. The van der Waals surface area contributed by atoms with Gasteiger partial charge >= 0.3 is 0 Å². The molecule has 1 amide bonds. The van der Waals surface area contributed by atoms with E-state index in [1.54, 1.807) is 4.90 Å². The number of likely N-dealkylation sites (tertiary alicyclic amines) is 1. The summed E-state index contributed by atoms with van der Waals surface area (Å²) in [5.74, 6) is 0.399. The van der Waals surface area contributed by atoms with Gasteiger partial charge in [-0.25, -0.2) is 0 Å². The molecule has 1 fully saturated rings. The Kier molecular flexibility index (Phi) is 3.03. The van der Waals surface area contributed by atoms with E-state index in [-0.39, 0.29) is 17.2 Å². The van der Waals surface area contributed by atoms with Crippen LogP contribution in [-0.4, -0.2) is 17.9 Å². The predicted octanol–water partition coefficient (Wildman–Crippen LogP) is 2.80. The number of hydrogen-bond acceptors (Lipinski definition) is 1. The van der Waals surface area contributed by atoms with E-state index in [2.05, 4.69) is 27.4 Å². The van der Waals surface area contributed by atoms with E-state index in [9.17, 15) is 4.79 Å². The summed E-state index contributed by atoms with van der Waals surface area (Å²) < 4.78 is 0. The molecule has 1 unspecified atom stereocenters. The maximum absolute atomic E-state index is 11.9. The molecular formula is C12H21NO. The second kappa shape index (κ2) is 3.76. The summed E-state index contributed by atoms with van der Waals surface area (Å²) in [6.45, 7) is 10.5. The van der Waals surface area contributed by atoms with Crippen LogP contribution in [-0.2, 0) is 4.79 Å². The van der Waals surface area contributed by atoms with E-state index in [1.165, 1.54) is 0 Å². The average Bonchev–Trinajstić information content (AvgIpc) is 2.45. The highest BCUT2D eigenvalue weighted by molar-refractivity contribution is 5.84. The lowest BCUT2D eigenvalue weighted by Gasteiger charge is -2.31. The van der Waals surface area contributed by atoms with Crippen LogP contribution in [0.5, 0.6) is 0 Å². The summed E-state index contributed by atoms with van der Waals surface area (Å²) >= 11 is 0. The van der Waals surface area contributed by atoms with Gasteiger partial charge in [-0.3, -0.25) is 4.79 Å². The molecule has 1 atom stereocenters. The van der Waals surface area contributed by atoms with Crippen molar-refractivity contribution in [3.05, 3.63) is 12.3 Å². The number of carbonyl (C=O) groups is 1. The lowest BCUT2D eigenvalue weighted by molar-refractivity contribution is -0.132. The number of nitrogens with zero attached hydrogens (tertiary/aromatic N) is 1. The Balaban J connectivity index is 2.90. The zero-order valence-electron chi connectivity index (χ0n) is 9.76. The minimum absolute atomic E-state index is 0.144. The predicted molar refractivity (Wildman–Crippen MR) is 58.7 cm³/mol. The maximum atomic E-state index is 11.9. The third-order valence-corrected chi connectivity index (χ3v) is 4.00. The normalized spacial score (nSPS) is 23.4. The fraction of sp³-hybridized carbons (Fsp3) is 0.750. The van der Waals surface area contributed by atoms with Gasteiger partial charge in [0.2, 0.25) is 5.91 Å². The van der Waals surface area contributed by atoms with Crippen molar-refractivity contribution in [2.75, 3.05) is 7.05 Å². The molecule has 0 bridgehead atoms. The highest BCUT2D eigenvalue weighted by Crippen LogP contribution is 2.43. The zero-order chi connectivity index (χ0) is 10.9. The molecule has 1 rings (SSSR count). The molecule has 2 nitrogen and oxygen atoms in total. The van der Waals surface area contributed by atoms with Crippen molar-refractivity contribution in [1.82, 2.24) is 4.90 Å². The second-order valence-corrected chi connectivity index (χ2v) is 4.58. The third-order valence-electron chi connectivity index (χ3n) is 4.00. The largest absolute Gasteiger partial charge is 0.320 e. The number of amides is 1. The summed E-state index contributed by atoms with van der Waals surface area (Å²) in [6.07, 6.45) is 2.95. The third kappa shape index (κ3) is 1.58. The first-order valence-electron chi connectivity index (χ1n) is 5.41. The van der Waals surface area contributed by atoms with Crippen LogP contribution in [0.3, 0.4) is 0 Å². The van der Waals surface area contributed by atoms with Crippen LogP contribution in [0.25, 0.3) is 0 Å². The Hall–Kier alpha value is -0.790. The Bertz CT molecular complexity index is 253. The van der Waals surface area contributed by atoms with E-state index >= 15 is 0 Å². The van der Waals surface area contributed by atoms with Crippen molar-refractivity contribution in [2.24, 2.45) is 11.3 Å². The van der Waals surface area contributed by atoms with Crippen molar-refractivity contribution in [1.29, 1.82) is 0 Å². The molecule has 0 spiro atoms. The first-order valence-corrected chi connectivity index (χ1v) is 5.41. The average molecular weight is 195 g/mol. The van der Waals surface area contributed by atoms with E-state index in [1.807, 2.05) is 7.05 Å². The Morgan fingerprint density at radius 3 is 2.29 bits per heavy atom. The van der Waals surface area contributed by atoms with Gasteiger partial charge < -0.3 is 4.90 Å². The number of carbonyl (C=O) groups excluding carboxylic acids is 1. The maximum Gasteiger partial charge on any atom is 0.230 e. The Labute approximate surface area is 87.0 Å². The van der Waals surface area contributed by atoms with Crippen LogP contribution in [0.1, 0.15) is 40.0 Å². The molecule has 1 saturated heterocycles. The summed E-state index contributed by atoms with van der Waals surface area (Å²) in [5, 5.41) is 0. The standard InChI is InChI=1S/C12H21NO/c1-6-12(4,7-2)10-8-9(3)13(5)11(10)14/h10H,3,6-8H2,1-2,4-5H3. The highest BCUT2D eigenvalue weighted by atomic mass is 16.2. The fourth-order valence-electron chi connectivity index (χ4n) is 2.14. The molecule has 0 aromatic carbocycles. The molecule has 80 valence electrons. The SMILES string of the molecule is C=C1CC(C(C)(CC)CC)C(=O)N1C. The molecule has 0 aromatic rings. The van der Waals surface area contributed by atoms with Gasteiger partial charge in [-0.05, 0) is 24.7 Å². The Morgan fingerprint density at radius 1 is 1.50 bits per heavy atom. The molecule has 0 N–H and O–H groups in total. The van der Waals surface area contributed by atoms with Gasteiger partial charge in [0.1, 0.15) is 0 Å². The quantitative estimate of drug-likeness (QED) is 0.678. The minimum atomic E-state index is 0.144. The van der Waals surface area contributed by atoms with Crippen molar-refractivity contribution >= 4 is 5.91 Å². The smallest absolute Gasteiger partial charge is 0.230 e. The molecule has 1 aliphatic heterocycles. The molecule has 0 radical (unpaired) electrons. The summed E-state index contributed by atoms with van der Waals surface area (Å²) in [7, 11) is 1.83. The van der Waals surface area contributed by atoms with Gasteiger partial charge in [0.15, 0.2) is 0 Å². The first kappa shape index (κ1) is 11.3. The highest BCUT2D eigenvalue weighted by Gasteiger charge is 2.42. The molecule has 1 aliphatic rings. The summed E-state index contributed by atoms with van der Waals surface area (Å²) in [6, 6.07) is 0.